The van der Waals surface area contributed by atoms with Crippen molar-refractivity contribution in [1.29, 1.82) is 0 Å². The largest absolute Gasteiger partial charge is 0.370 e. The van der Waals surface area contributed by atoms with Crippen LogP contribution < -0.4 is 4.90 Å². The Morgan fingerprint density at radius 3 is 2.53 bits per heavy atom. The summed E-state index contributed by atoms with van der Waals surface area (Å²) >= 11 is 6.94. The Hall–Kier alpha value is -0.0900. The summed E-state index contributed by atoms with van der Waals surface area (Å²) in [5, 5.41) is 0. The molecule has 1 aromatic heterocycles. The van der Waals surface area contributed by atoms with E-state index in [4.69, 9.17) is 0 Å². The van der Waals surface area contributed by atoms with E-state index in [1.54, 1.807) is 0 Å². The summed E-state index contributed by atoms with van der Waals surface area (Å²) in [6, 6.07) is 2.16. The summed E-state index contributed by atoms with van der Waals surface area (Å²) in [7, 11) is 0. The molecule has 1 aliphatic rings. The molecule has 0 aromatic carbocycles. The zero-order chi connectivity index (χ0) is 10.8. The highest BCUT2D eigenvalue weighted by molar-refractivity contribution is 9.13. The van der Waals surface area contributed by atoms with Crippen LogP contribution in [0.15, 0.2) is 15.1 Å². The maximum atomic E-state index is 4.48. The Morgan fingerprint density at radius 2 is 1.87 bits per heavy atom. The summed E-state index contributed by atoms with van der Waals surface area (Å²) in [4.78, 5) is 6.91. The Morgan fingerprint density at radius 1 is 1.20 bits per heavy atom. The van der Waals surface area contributed by atoms with Crippen molar-refractivity contribution in [3.8, 4) is 0 Å². The van der Waals surface area contributed by atoms with Crippen molar-refractivity contribution >= 4 is 37.5 Å². The van der Waals surface area contributed by atoms with Crippen molar-refractivity contribution in [2.75, 3.05) is 18.0 Å². The Bertz CT molecular complexity index is 360. The third-order valence-electron chi connectivity index (χ3n) is 2.79. The van der Waals surface area contributed by atoms with Gasteiger partial charge < -0.3 is 4.90 Å². The van der Waals surface area contributed by atoms with Gasteiger partial charge in [-0.3, -0.25) is 0 Å². The lowest BCUT2D eigenvalue weighted by molar-refractivity contribution is 0.576. The average molecular weight is 334 g/mol. The second kappa shape index (κ2) is 4.83. The first kappa shape index (κ1) is 11.4. The number of pyridine rings is 1. The van der Waals surface area contributed by atoms with Crippen LogP contribution in [0.25, 0.3) is 0 Å². The molecule has 82 valence electrons. The second-order valence-corrected chi connectivity index (χ2v) is 5.52. The Labute approximate surface area is 107 Å². The van der Waals surface area contributed by atoms with Crippen LogP contribution in [-0.2, 0) is 0 Å². The van der Waals surface area contributed by atoms with Crippen molar-refractivity contribution < 1.29 is 0 Å². The molecule has 0 aliphatic carbocycles. The van der Waals surface area contributed by atoms with Gasteiger partial charge in [0, 0.05) is 13.1 Å². The van der Waals surface area contributed by atoms with Crippen LogP contribution in [0.4, 0.5) is 5.69 Å². The van der Waals surface area contributed by atoms with E-state index in [0.29, 0.717) is 0 Å². The molecule has 0 amide bonds. The fourth-order valence-corrected chi connectivity index (χ4v) is 2.68. The summed E-state index contributed by atoms with van der Waals surface area (Å²) in [5.74, 6) is 0. The molecule has 1 saturated heterocycles. The first-order valence-electron chi connectivity index (χ1n) is 5.26. The summed E-state index contributed by atoms with van der Waals surface area (Å²) in [5.41, 5.74) is 2.37. The number of hydrogen-bond donors (Lipinski definition) is 0. The molecule has 2 rings (SSSR count). The molecule has 15 heavy (non-hydrogen) atoms. The van der Waals surface area contributed by atoms with Crippen LogP contribution >= 0.6 is 31.9 Å². The molecule has 2 nitrogen and oxygen atoms in total. The van der Waals surface area contributed by atoms with Crippen molar-refractivity contribution in [1.82, 2.24) is 4.98 Å². The molecule has 1 aliphatic heterocycles. The van der Waals surface area contributed by atoms with E-state index in [1.165, 1.54) is 24.9 Å². The number of hydrogen-bond acceptors (Lipinski definition) is 2. The minimum absolute atomic E-state index is 0.890. The zero-order valence-electron chi connectivity index (χ0n) is 8.76. The van der Waals surface area contributed by atoms with E-state index < -0.39 is 0 Å². The molecule has 0 radical (unpaired) electrons. The van der Waals surface area contributed by atoms with Gasteiger partial charge in [0.05, 0.1) is 15.9 Å². The predicted molar refractivity (Wildman–Crippen MR) is 70.4 cm³/mol. The minimum atomic E-state index is 0.890. The van der Waals surface area contributed by atoms with Gasteiger partial charge in [-0.1, -0.05) is 0 Å². The fraction of sp³-hybridized carbons (Fsp3) is 0.545. The smallest absolute Gasteiger partial charge is 0.120 e. The number of aryl methyl sites for hydroxylation is 1. The van der Waals surface area contributed by atoms with Gasteiger partial charge in [-0.15, -0.1) is 0 Å². The highest BCUT2D eigenvalue weighted by atomic mass is 79.9. The topological polar surface area (TPSA) is 16.1 Å². The second-order valence-electron chi connectivity index (χ2n) is 3.91. The van der Waals surface area contributed by atoms with Crippen LogP contribution in [0, 0.1) is 6.92 Å². The van der Waals surface area contributed by atoms with Gasteiger partial charge in [-0.25, -0.2) is 4.98 Å². The van der Waals surface area contributed by atoms with Crippen molar-refractivity contribution in [2.45, 2.75) is 26.2 Å². The van der Waals surface area contributed by atoms with E-state index in [1.807, 2.05) is 0 Å². The first-order chi connectivity index (χ1) is 7.18. The van der Waals surface area contributed by atoms with Gasteiger partial charge in [0.1, 0.15) is 4.60 Å². The van der Waals surface area contributed by atoms with Crippen molar-refractivity contribution in [3.63, 3.8) is 0 Å². The molecule has 0 unspecified atom stereocenters. The van der Waals surface area contributed by atoms with Crippen molar-refractivity contribution in [2.24, 2.45) is 0 Å². The maximum Gasteiger partial charge on any atom is 0.120 e. The van der Waals surface area contributed by atoms with E-state index >= 15 is 0 Å². The lowest BCUT2D eigenvalue weighted by Gasteiger charge is -2.29. The van der Waals surface area contributed by atoms with Crippen LogP contribution in [0.2, 0.25) is 0 Å². The number of piperidine rings is 1. The lowest BCUT2D eigenvalue weighted by atomic mass is 10.1. The van der Waals surface area contributed by atoms with E-state index in [9.17, 15) is 0 Å². The van der Waals surface area contributed by atoms with Crippen LogP contribution in [0.5, 0.6) is 0 Å². The molecule has 0 bridgehead atoms. The van der Waals surface area contributed by atoms with Gasteiger partial charge in [0.15, 0.2) is 0 Å². The highest BCUT2D eigenvalue weighted by Gasteiger charge is 2.15. The van der Waals surface area contributed by atoms with Crippen molar-refractivity contribution in [3.05, 3.63) is 20.8 Å². The monoisotopic (exact) mass is 332 g/mol. The number of rotatable bonds is 1. The summed E-state index contributed by atoms with van der Waals surface area (Å²) < 4.78 is 1.93. The lowest BCUT2D eigenvalue weighted by Crippen LogP contribution is -2.30. The van der Waals surface area contributed by atoms with E-state index in [-0.39, 0.29) is 0 Å². The standard InChI is InChI=1S/C11H14Br2N2/c1-8-10(7-9(12)11(13)14-8)15-5-3-2-4-6-15/h7H,2-6H2,1H3. The predicted octanol–water partition coefficient (Wildman–Crippen LogP) is 3.91. The number of halogens is 2. The van der Waals surface area contributed by atoms with Gasteiger partial charge in [-0.2, -0.15) is 0 Å². The third-order valence-corrected chi connectivity index (χ3v) is 4.53. The zero-order valence-corrected chi connectivity index (χ0v) is 11.9. The SMILES string of the molecule is Cc1nc(Br)c(Br)cc1N1CCCCC1. The molecule has 0 N–H and O–H groups in total. The molecule has 1 fully saturated rings. The Balaban J connectivity index is 2.30. The molecular weight excluding hydrogens is 320 g/mol. The molecule has 0 saturated carbocycles. The van der Waals surface area contributed by atoms with Crippen LogP contribution in [0.1, 0.15) is 25.0 Å². The number of aromatic nitrogens is 1. The van der Waals surface area contributed by atoms with E-state index in [0.717, 1.165) is 27.9 Å². The molecule has 0 spiro atoms. The highest BCUT2D eigenvalue weighted by Crippen LogP contribution is 2.30. The first-order valence-corrected chi connectivity index (χ1v) is 6.84. The van der Waals surface area contributed by atoms with Crippen LogP contribution in [0.3, 0.4) is 0 Å². The van der Waals surface area contributed by atoms with Gasteiger partial charge in [0.25, 0.3) is 0 Å². The molecule has 0 atom stereocenters. The van der Waals surface area contributed by atoms with Gasteiger partial charge in [0.2, 0.25) is 0 Å². The van der Waals surface area contributed by atoms with Gasteiger partial charge >= 0.3 is 0 Å². The third kappa shape index (κ3) is 2.53. The van der Waals surface area contributed by atoms with Crippen LogP contribution in [-0.4, -0.2) is 18.1 Å². The number of nitrogens with zero attached hydrogens (tertiary/aromatic N) is 2. The summed E-state index contributed by atoms with van der Waals surface area (Å²) in [6.45, 7) is 4.40. The van der Waals surface area contributed by atoms with E-state index in [2.05, 4.69) is 54.7 Å². The molecule has 2 heterocycles. The quantitative estimate of drug-likeness (QED) is 0.724. The molecular formula is C11H14Br2N2. The molecule has 1 aromatic rings. The molecule has 4 heteroatoms. The average Bonchev–Trinajstić information content (AvgIpc) is 2.25. The summed E-state index contributed by atoms with van der Waals surface area (Å²) in [6.07, 6.45) is 3.96. The minimum Gasteiger partial charge on any atom is -0.370 e. The number of anilines is 1. The van der Waals surface area contributed by atoms with Gasteiger partial charge in [-0.05, 0) is 64.1 Å². The Kier molecular flexibility index (Phi) is 3.67. The fourth-order valence-electron chi connectivity index (χ4n) is 2.00. The maximum absolute atomic E-state index is 4.48. The normalized spacial score (nSPS) is 16.9.